The van der Waals surface area contributed by atoms with Crippen molar-refractivity contribution in [1.82, 2.24) is 5.32 Å². The van der Waals surface area contributed by atoms with Crippen LogP contribution in [-0.2, 0) is 25.7 Å². The predicted octanol–water partition coefficient (Wildman–Crippen LogP) is 7.73. The van der Waals surface area contributed by atoms with Crippen LogP contribution in [0.2, 0.25) is 0 Å². The monoisotopic (exact) mass is 541 g/mol. The summed E-state index contributed by atoms with van der Waals surface area (Å²) in [6.07, 6.45) is 14.8. The molecular weight excluding hydrogens is 502 g/mol. The summed E-state index contributed by atoms with van der Waals surface area (Å²) in [6, 6.07) is 25.3. The lowest BCUT2D eigenvalue weighted by atomic mass is 9.74. The highest BCUT2D eigenvalue weighted by Crippen LogP contribution is 2.41. The summed E-state index contributed by atoms with van der Waals surface area (Å²) in [5.41, 5.74) is 26.3. The van der Waals surface area contributed by atoms with Gasteiger partial charge in [-0.05, 0) is 138 Å². The number of nitrogens with one attached hydrogen (secondary N) is 1. The van der Waals surface area contributed by atoms with Crippen molar-refractivity contribution in [3.8, 4) is 16.9 Å². The van der Waals surface area contributed by atoms with Crippen molar-refractivity contribution in [1.29, 1.82) is 0 Å². The fraction of sp³-hybridized carbons (Fsp3) is 0.243. The number of benzene rings is 4. The third-order valence-electron chi connectivity index (χ3n) is 8.72. The molecule has 4 aromatic carbocycles. The molecule has 5 N–H and O–H groups in total. The van der Waals surface area contributed by atoms with Crippen molar-refractivity contribution in [3.63, 3.8) is 0 Å². The summed E-state index contributed by atoms with van der Waals surface area (Å²) in [5.74, 6) is 1.60. The average molecular weight is 542 g/mol. The summed E-state index contributed by atoms with van der Waals surface area (Å²) in [5, 5.41) is 3.03. The maximum absolute atomic E-state index is 6.26. The molecule has 2 aliphatic carbocycles. The van der Waals surface area contributed by atoms with Crippen LogP contribution in [0, 0.1) is 12.8 Å². The molecule has 1 unspecified atom stereocenters. The molecule has 1 aliphatic heterocycles. The van der Waals surface area contributed by atoms with Gasteiger partial charge in [-0.3, -0.25) is 0 Å². The van der Waals surface area contributed by atoms with Crippen LogP contribution < -0.4 is 21.5 Å². The Labute approximate surface area is 243 Å². The molecular formula is C37H39N3O. The van der Waals surface area contributed by atoms with Gasteiger partial charge in [0.15, 0.2) is 0 Å². The number of nitrogens with two attached hydrogens (primary N) is 2. The van der Waals surface area contributed by atoms with Gasteiger partial charge in [-0.1, -0.05) is 48.5 Å². The minimum atomic E-state index is 0.682. The number of rotatable bonds is 4. The van der Waals surface area contributed by atoms with Crippen LogP contribution in [-0.4, -0.2) is 6.61 Å². The Kier molecular flexibility index (Phi) is 7.82. The number of aryl methyl sites for hydroxylation is 2. The Morgan fingerprint density at radius 3 is 2.29 bits per heavy atom. The zero-order valence-corrected chi connectivity index (χ0v) is 23.8. The molecule has 3 aliphatic rings. The molecule has 0 aromatic heterocycles. The van der Waals surface area contributed by atoms with Gasteiger partial charge in [-0.2, -0.15) is 0 Å². The molecule has 7 rings (SSSR count). The van der Waals surface area contributed by atoms with Gasteiger partial charge in [0.25, 0.3) is 0 Å². The zero-order valence-electron chi connectivity index (χ0n) is 23.8. The summed E-state index contributed by atoms with van der Waals surface area (Å²) >= 11 is 0. The quantitative estimate of drug-likeness (QED) is 0.231. The third kappa shape index (κ3) is 5.88. The number of hydrogen-bond donors (Lipinski definition) is 3. The van der Waals surface area contributed by atoms with Crippen LogP contribution in [0.25, 0.3) is 23.3 Å². The molecule has 1 heterocycles. The molecule has 0 saturated carbocycles. The maximum atomic E-state index is 6.26. The lowest BCUT2D eigenvalue weighted by molar-refractivity contribution is 0.267. The van der Waals surface area contributed by atoms with Crippen LogP contribution in [0.5, 0.6) is 5.75 Å². The van der Waals surface area contributed by atoms with E-state index in [0.29, 0.717) is 5.92 Å². The van der Waals surface area contributed by atoms with E-state index < -0.39 is 0 Å². The standard InChI is InChI=1S/C27H30N2O.C10H9N/c1-17-15-20(8-12-26(17)28)30-14-13-18-5-6-19-7-9-22-21-3-2-4-27(29)24(21)11-10-23(22)25(19)16-18;1-2-4-10-6-8-11-7-5-9(10)3-1/h2-4,7-9,12,15,18H,5-6,10-11,13-14,16,28-29H2,1H3;1-8,11H. The van der Waals surface area contributed by atoms with Gasteiger partial charge >= 0.3 is 0 Å². The average Bonchev–Trinajstić information content (AvgIpc) is 3.25. The number of hydrogen-bond acceptors (Lipinski definition) is 4. The molecule has 0 bridgehead atoms. The second kappa shape index (κ2) is 12.0. The zero-order chi connectivity index (χ0) is 28.2. The highest BCUT2D eigenvalue weighted by Gasteiger charge is 2.26. The van der Waals surface area contributed by atoms with Crippen LogP contribution in [0.3, 0.4) is 0 Å². The smallest absolute Gasteiger partial charge is 0.119 e. The Morgan fingerprint density at radius 2 is 1.51 bits per heavy atom. The fourth-order valence-electron chi connectivity index (χ4n) is 6.38. The molecule has 0 saturated heterocycles. The lowest BCUT2D eigenvalue weighted by Gasteiger charge is -2.31. The minimum Gasteiger partial charge on any atom is -0.494 e. The summed E-state index contributed by atoms with van der Waals surface area (Å²) in [4.78, 5) is 0. The van der Waals surface area contributed by atoms with E-state index in [4.69, 9.17) is 16.2 Å². The summed E-state index contributed by atoms with van der Waals surface area (Å²) in [6.45, 7) is 2.78. The van der Waals surface area contributed by atoms with Crippen LogP contribution >= 0.6 is 0 Å². The second-order valence-corrected chi connectivity index (χ2v) is 11.3. The first-order chi connectivity index (χ1) is 20.1. The Morgan fingerprint density at radius 1 is 0.756 bits per heavy atom. The Balaban J connectivity index is 0.000000229. The van der Waals surface area contributed by atoms with Crippen LogP contribution in [0.15, 0.2) is 85.2 Å². The summed E-state index contributed by atoms with van der Waals surface area (Å²) < 4.78 is 6.04. The van der Waals surface area contributed by atoms with Crippen molar-refractivity contribution in [2.45, 2.75) is 45.4 Å². The van der Waals surface area contributed by atoms with E-state index in [0.717, 1.165) is 48.6 Å². The summed E-state index contributed by atoms with van der Waals surface area (Å²) in [7, 11) is 0. The van der Waals surface area contributed by atoms with E-state index in [-0.39, 0.29) is 0 Å². The topological polar surface area (TPSA) is 73.3 Å². The molecule has 0 fully saturated rings. The highest BCUT2D eigenvalue weighted by atomic mass is 16.5. The molecule has 0 radical (unpaired) electrons. The first kappa shape index (κ1) is 26.8. The fourth-order valence-corrected chi connectivity index (χ4v) is 6.38. The van der Waals surface area contributed by atoms with Crippen molar-refractivity contribution >= 4 is 23.5 Å². The number of nitrogen functional groups attached to an aromatic ring is 2. The highest BCUT2D eigenvalue weighted by molar-refractivity contribution is 5.79. The van der Waals surface area contributed by atoms with Crippen molar-refractivity contribution < 1.29 is 4.74 Å². The molecule has 0 amide bonds. The molecule has 4 aromatic rings. The predicted molar refractivity (Wildman–Crippen MR) is 173 cm³/mol. The van der Waals surface area contributed by atoms with E-state index in [1.807, 2.05) is 55.7 Å². The Hall–Kier alpha value is -4.44. The first-order valence-corrected chi connectivity index (χ1v) is 14.8. The van der Waals surface area contributed by atoms with Gasteiger partial charge in [0.05, 0.1) is 6.61 Å². The molecule has 0 spiro atoms. The largest absolute Gasteiger partial charge is 0.494 e. The van der Waals surface area contributed by atoms with E-state index in [2.05, 4.69) is 53.9 Å². The van der Waals surface area contributed by atoms with Crippen molar-refractivity contribution in [2.24, 2.45) is 5.92 Å². The maximum Gasteiger partial charge on any atom is 0.119 e. The normalized spacial score (nSPS) is 16.1. The van der Waals surface area contributed by atoms with Gasteiger partial charge in [0, 0.05) is 23.8 Å². The van der Waals surface area contributed by atoms with Crippen molar-refractivity contribution in [3.05, 3.63) is 124 Å². The lowest BCUT2D eigenvalue weighted by Crippen LogP contribution is -2.20. The van der Waals surface area contributed by atoms with Crippen molar-refractivity contribution in [2.75, 3.05) is 18.1 Å². The molecule has 41 heavy (non-hydrogen) atoms. The van der Waals surface area contributed by atoms with E-state index in [1.165, 1.54) is 47.1 Å². The third-order valence-corrected chi connectivity index (χ3v) is 8.72. The Bertz CT molecular complexity index is 1590. The number of anilines is 2. The number of ether oxygens (including phenoxy) is 1. The van der Waals surface area contributed by atoms with E-state index >= 15 is 0 Å². The van der Waals surface area contributed by atoms with E-state index in [1.54, 1.807) is 16.7 Å². The molecule has 208 valence electrons. The molecule has 4 nitrogen and oxygen atoms in total. The number of fused-ring (bicyclic) bond motifs is 6. The first-order valence-electron chi connectivity index (χ1n) is 14.8. The molecule has 4 heteroatoms. The van der Waals surface area contributed by atoms with Gasteiger partial charge in [-0.15, -0.1) is 0 Å². The van der Waals surface area contributed by atoms with Gasteiger partial charge < -0.3 is 21.5 Å². The van der Waals surface area contributed by atoms with Gasteiger partial charge in [0.1, 0.15) is 5.75 Å². The van der Waals surface area contributed by atoms with Gasteiger partial charge in [0.2, 0.25) is 0 Å². The second-order valence-electron chi connectivity index (χ2n) is 11.3. The minimum absolute atomic E-state index is 0.682. The SMILES string of the molecule is C1=Cc2ccccc2C=CN1.Cc1cc(OCCC2CCc3ccc4c(c3C2)CCc2c(N)cccc2-4)ccc1N. The van der Waals surface area contributed by atoms with Crippen LogP contribution in [0.1, 0.15) is 51.8 Å². The van der Waals surface area contributed by atoms with Crippen LogP contribution in [0.4, 0.5) is 11.4 Å². The van der Waals surface area contributed by atoms with Gasteiger partial charge in [-0.25, -0.2) is 0 Å². The molecule has 1 atom stereocenters. The van der Waals surface area contributed by atoms with E-state index in [9.17, 15) is 0 Å².